The highest BCUT2D eigenvalue weighted by Crippen LogP contribution is 2.43. The number of benzene rings is 3. The summed E-state index contributed by atoms with van der Waals surface area (Å²) in [6, 6.07) is 17.3. The van der Waals surface area contributed by atoms with Gasteiger partial charge in [0, 0.05) is 17.7 Å². The Hall–Kier alpha value is -3.93. The predicted molar refractivity (Wildman–Crippen MR) is 127 cm³/mol. The van der Waals surface area contributed by atoms with Gasteiger partial charge in [-0.2, -0.15) is 0 Å². The van der Waals surface area contributed by atoms with E-state index in [1.54, 1.807) is 30.3 Å². The van der Waals surface area contributed by atoms with Crippen LogP contribution in [0, 0.1) is 5.82 Å². The Morgan fingerprint density at radius 3 is 2.44 bits per heavy atom. The van der Waals surface area contributed by atoms with Crippen LogP contribution in [0.4, 0.5) is 10.1 Å². The Balaban J connectivity index is 1.67. The molecule has 2 aliphatic heterocycles. The van der Waals surface area contributed by atoms with Crippen LogP contribution in [-0.4, -0.2) is 22.9 Å². The molecule has 0 aliphatic carbocycles. The number of nitrogens with zero attached hydrogens (tertiary/aromatic N) is 1. The van der Waals surface area contributed by atoms with Gasteiger partial charge >= 0.3 is 0 Å². The third kappa shape index (κ3) is 3.65. The molecule has 5 rings (SSSR count). The first-order valence-corrected chi connectivity index (χ1v) is 11.3. The largest absolute Gasteiger partial charge is 0.507 e. The van der Waals surface area contributed by atoms with Gasteiger partial charge in [0.25, 0.3) is 11.7 Å². The van der Waals surface area contributed by atoms with Crippen LogP contribution in [0.2, 0.25) is 0 Å². The SMILES string of the molecule is CCc1ccc(N2C(=O)C(=O)/C(=C(\O)c3ccc4c(c3)CC(C)O4)C2c2ccc(F)cc2)cc1. The van der Waals surface area contributed by atoms with E-state index in [2.05, 4.69) is 0 Å². The molecule has 1 amide bonds. The minimum absolute atomic E-state index is 0.0249. The van der Waals surface area contributed by atoms with Crippen LogP contribution in [0.1, 0.15) is 42.1 Å². The van der Waals surface area contributed by atoms with E-state index in [1.165, 1.54) is 29.2 Å². The minimum Gasteiger partial charge on any atom is -0.507 e. The lowest BCUT2D eigenvalue weighted by molar-refractivity contribution is -0.132. The average molecular weight is 458 g/mol. The van der Waals surface area contributed by atoms with E-state index < -0.39 is 23.5 Å². The van der Waals surface area contributed by atoms with Crippen LogP contribution < -0.4 is 9.64 Å². The number of ether oxygens (including phenoxy) is 1. The molecule has 2 atom stereocenters. The van der Waals surface area contributed by atoms with Crippen molar-refractivity contribution in [3.05, 3.63) is 100 Å². The summed E-state index contributed by atoms with van der Waals surface area (Å²) in [5, 5.41) is 11.3. The number of carbonyl (C=O) groups is 2. The molecule has 0 aromatic heterocycles. The molecule has 3 aromatic rings. The molecule has 34 heavy (non-hydrogen) atoms. The summed E-state index contributed by atoms with van der Waals surface area (Å²) >= 11 is 0. The lowest BCUT2D eigenvalue weighted by Crippen LogP contribution is -2.29. The fourth-order valence-electron chi connectivity index (χ4n) is 4.68. The van der Waals surface area contributed by atoms with Gasteiger partial charge in [0.2, 0.25) is 0 Å². The maximum absolute atomic E-state index is 13.7. The maximum Gasteiger partial charge on any atom is 0.300 e. The predicted octanol–water partition coefficient (Wildman–Crippen LogP) is 5.34. The van der Waals surface area contributed by atoms with Gasteiger partial charge in [-0.05, 0) is 72.5 Å². The highest BCUT2D eigenvalue weighted by Gasteiger charge is 2.47. The normalized spacial score (nSPS) is 21.0. The van der Waals surface area contributed by atoms with Crippen LogP contribution in [0.25, 0.3) is 5.76 Å². The second-order valence-electron chi connectivity index (χ2n) is 8.70. The van der Waals surface area contributed by atoms with Gasteiger partial charge in [-0.15, -0.1) is 0 Å². The summed E-state index contributed by atoms with van der Waals surface area (Å²) in [4.78, 5) is 27.9. The van der Waals surface area contributed by atoms with Crippen molar-refractivity contribution >= 4 is 23.1 Å². The summed E-state index contributed by atoms with van der Waals surface area (Å²) in [6.45, 7) is 3.99. The van der Waals surface area contributed by atoms with E-state index in [0.717, 1.165) is 23.3 Å². The third-order valence-corrected chi connectivity index (χ3v) is 6.42. The summed E-state index contributed by atoms with van der Waals surface area (Å²) in [5.41, 5.74) is 3.49. The molecule has 0 radical (unpaired) electrons. The molecular formula is C28H24FNO4. The van der Waals surface area contributed by atoms with Gasteiger partial charge in [0.05, 0.1) is 11.6 Å². The number of aryl methyl sites for hydroxylation is 1. The number of amides is 1. The number of hydrogen-bond donors (Lipinski definition) is 1. The second-order valence-corrected chi connectivity index (χ2v) is 8.70. The van der Waals surface area contributed by atoms with Gasteiger partial charge in [-0.1, -0.05) is 31.2 Å². The van der Waals surface area contributed by atoms with Crippen molar-refractivity contribution in [1.82, 2.24) is 0 Å². The molecule has 6 heteroatoms. The third-order valence-electron chi connectivity index (χ3n) is 6.42. The van der Waals surface area contributed by atoms with Crippen molar-refractivity contribution in [3.63, 3.8) is 0 Å². The number of fused-ring (bicyclic) bond motifs is 1. The zero-order valence-electron chi connectivity index (χ0n) is 18.9. The standard InChI is InChI=1S/C28H24FNO4/c1-3-17-4-11-22(12-5-17)30-25(18-6-9-21(29)10-7-18)24(27(32)28(30)33)26(31)19-8-13-23-20(15-19)14-16(2)34-23/h4-13,15-16,25,31H,3,14H2,1-2H3/b26-24-. The number of carbonyl (C=O) groups excluding carboxylic acids is 2. The molecule has 1 saturated heterocycles. The molecule has 0 bridgehead atoms. The summed E-state index contributed by atoms with van der Waals surface area (Å²) < 4.78 is 19.4. The van der Waals surface area contributed by atoms with E-state index in [0.29, 0.717) is 23.2 Å². The fourth-order valence-corrected chi connectivity index (χ4v) is 4.68. The van der Waals surface area contributed by atoms with Gasteiger partial charge in [0.1, 0.15) is 23.4 Å². The lowest BCUT2D eigenvalue weighted by Gasteiger charge is -2.25. The summed E-state index contributed by atoms with van der Waals surface area (Å²) in [5.74, 6) is -1.46. The van der Waals surface area contributed by atoms with E-state index in [1.807, 2.05) is 26.0 Å². The van der Waals surface area contributed by atoms with E-state index in [-0.39, 0.29) is 17.4 Å². The second kappa shape index (κ2) is 8.45. The summed E-state index contributed by atoms with van der Waals surface area (Å²) in [6.07, 6.45) is 1.56. The van der Waals surface area contributed by atoms with Crippen LogP contribution in [0.5, 0.6) is 5.75 Å². The molecule has 0 spiro atoms. The number of ketones is 1. The Bertz CT molecular complexity index is 1310. The zero-order valence-corrected chi connectivity index (χ0v) is 18.9. The Morgan fingerprint density at radius 2 is 1.76 bits per heavy atom. The van der Waals surface area contributed by atoms with E-state index in [4.69, 9.17) is 4.74 Å². The molecule has 2 heterocycles. The molecule has 3 aromatic carbocycles. The first-order valence-electron chi connectivity index (χ1n) is 11.3. The smallest absolute Gasteiger partial charge is 0.300 e. The first kappa shape index (κ1) is 21.9. The van der Waals surface area contributed by atoms with Crippen LogP contribution in [0.3, 0.4) is 0 Å². The quantitative estimate of drug-likeness (QED) is 0.326. The number of anilines is 1. The monoisotopic (exact) mass is 457 g/mol. The topological polar surface area (TPSA) is 66.8 Å². The van der Waals surface area contributed by atoms with Crippen molar-refractivity contribution in [1.29, 1.82) is 0 Å². The molecule has 2 aliphatic rings. The Kier molecular flexibility index (Phi) is 5.44. The molecule has 0 saturated carbocycles. The van der Waals surface area contributed by atoms with Gasteiger partial charge < -0.3 is 9.84 Å². The van der Waals surface area contributed by atoms with Crippen LogP contribution in [0.15, 0.2) is 72.3 Å². The fraction of sp³-hybridized carbons (Fsp3) is 0.214. The van der Waals surface area contributed by atoms with Crippen molar-refractivity contribution in [2.75, 3.05) is 4.90 Å². The lowest BCUT2D eigenvalue weighted by atomic mass is 9.94. The van der Waals surface area contributed by atoms with E-state index >= 15 is 0 Å². The molecule has 2 unspecified atom stereocenters. The Labute approximate surface area is 197 Å². The van der Waals surface area contributed by atoms with Crippen LogP contribution >= 0.6 is 0 Å². The number of rotatable bonds is 4. The van der Waals surface area contributed by atoms with Crippen LogP contribution in [-0.2, 0) is 22.4 Å². The zero-order chi connectivity index (χ0) is 24.0. The molecule has 172 valence electrons. The van der Waals surface area contributed by atoms with Gasteiger partial charge in [-0.25, -0.2) is 4.39 Å². The number of Topliss-reactive ketones (excluding diaryl/α,β-unsaturated/α-hetero) is 1. The average Bonchev–Trinajstić information content (AvgIpc) is 3.34. The van der Waals surface area contributed by atoms with Gasteiger partial charge in [0.15, 0.2) is 0 Å². The maximum atomic E-state index is 13.7. The number of aliphatic hydroxyl groups excluding tert-OH is 1. The van der Waals surface area contributed by atoms with E-state index in [9.17, 15) is 19.1 Å². The first-order chi connectivity index (χ1) is 16.4. The highest BCUT2D eigenvalue weighted by molar-refractivity contribution is 6.51. The highest BCUT2D eigenvalue weighted by atomic mass is 19.1. The molecule has 1 fully saturated rings. The van der Waals surface area contributed by atoms with Crippen molar-refractivity contribution in [2.45, 2.75) is 38.8 Å². The van der Waals surface area contributed by atoms with Gasteiger partial charge in [-0.3, -0.25) is 14.5 Å². The molecular weight excluding hydrogens is 433 g/mol. The molecule has 5 nitrogen and oxygen atoms in total. The number of halogens is 1. The molecule has 1 N–H and O–H groups in total. The summed E-state index contributed by atoms with van der Waals surface area (Å²) in [7, 11) is 0. The van der Waals surface area contributed by atoms with Crippen molar-refractivity contribution < 1.29 is 23.8 Å². The van der Waals surface area contributed by atoms with Crippen molar-refractivity contribution in [2.24, 2.45) is 0 Å². The Morgan fingerprint density at radius 1 is 1.06 bits per heavy atom. The number of hydrogen-bond acceptors (Lipinski definition) is 4. The minimum atomic E-state index is -0.892. The van der Waals surface area contributed by atoms with Crippen molar-refractivity contribution in [3.8, 4) is 5.75 Å². The number of aliphatic hydroxyl groups is 1.